The second-order valence-electron chi connectivity index (χ2n) is 4.31. The van der Waals surface area contributed by atoms with Gasteiger partial charge in [-0.1, -0.05) is 19.8 Å². The molecule has 0 aromatic heterocycles. The van der Waals surface area contributed by atoms with Crippen molar-refractivity contribution in [3.63, 3.8) is 0 Å². The zero-order chi connectivity index (χ0) is 9.52. The Bertz CT molecular complexity index is 121. The summed E-state index contributed by atoms with van der Waals surface area (Å²) in [6.07, 6.45) is 5.36. The summed E-state index contributed by atoms with van der Waals surface area (Å²) in [5, 5.41) is 6.89. The smallest absolute Gasteiger partial charge is 0.00387 e. The lowest BCUT2D eigenvalue weighted by Crippen LogP contribution is -2.43. The Morgan fingerprint density at radius 3 is 2.77 bits per heavy atom. The fourth-order valence-electron chi connectivity index (χ4n) is 1.70. The topological polar surface area (TPSA) is 24.1 Å². The van der Waals surface area contributed by atoms with Crippen LogP contribution in [0.3, 0.4) is 0 Å². The summed E-state index contributed by atoms with van der Waals surface area (Å²) in [7, 11) is 0. The molecule has 1 atom stereocenters. The molecule has 0 aromatic rings. The molecule has 1 aliphatic rings. The van der Waals surface area contributed by atoms with Crippen LogP contribution in [-0.2, 0) is 0 Å². The molecule has 78 valence electrons. The highest BCUT2D eigenvalue weighted by atomic mass is 15.0. The van der Waals surface area contributed by atoms with E-state index in [-0.39, 0.29) is 0 Å². The van der Waals surface area contributed by atoms with Crippen molar-refractivity contribution >= 4 is 0 Å². The standard InChI is InChI=1S/C11H24N2/c1-3-4-5-10(2)13-7-6-11-8-12-9-11/h10-13H,3-9H2,1-2H3. The first-order valence-corrected chi connectivity index (χ1v) is 5.77. The molecule has 1 heterocycles. The molecule has 0 radical (unpaired) electrons. The van der Waals surface area contributed by atoms with Crippen LogP contribution in [0.15, 0.2) is 0 Å². The monoisotopic (exact) mass is 184 g/mol. The van der Waals surface area contributed by atoms with Crippen LogP contribution in [0.25, 0.3) is 0 Å². The van der Waals surface area contributed by atoms with Gasteiger partial charge < -0.3 is 10.6 Å². The molecule has 13 heavy (non-hydrogen) atoms. The van der Waals surface area contributed by atoms with Gasteiger partial charge in [0, 0.05) is 6.04 Å². The lowest BCUT2D eigenvalue weighted by Gasteiger charge is -2.27. The minimum absolute atomic E-state index is 0.716. The summed E-state index contributed by atoms with van der Waals surface area (Å²) in [6.45, 7) is 8.24. The Kier molecular flexibility index (Phi) is 5.40. The summed E-state index contributed by atoms with van der Waals surface area (Å²) < 4.78 is 0. The highest BCUT2D eigenvalue weighted by Gasteiger charge is 2.15. The minimum atomic E-state index is 0.716. The summed E-state index contributed by atoms with van der Waals surface area (Å²) >= 11 is 0. The highest BCUT2D eigenvalue weighted by Crippen LogP contribution is 2.07. The van der Waals surface area contributed by atoms with Gasteiger partial charge in [0.1, 0.15) is 0 Å². The molecule has 1 rings (SSSR count). The van der Waals surface area contributed by atoms with Gasteiger partial charge in [-0.25, -0.2) is 0 Å². The van der Waals surface area contributed by atoms with E-state index in [1.807, 2.05) is 0 Å². The van der Waals surface area contributed by atoms with Gasteiger partial charge in [0.25, 0.3) is 0 Å². The van der Waals surface area contributed by atoms with Crippen LogP contribution >= 0.6 is 0 Å². The first kappa shape index (κ1) is 11.0. The summed E-state index contributed by atoms with van der Waals surface area (Å²) in [4.78, 5) is 0. The van der Waals surface area contributed by atoms with E-state index in [1.54, 1.807) is 0 Å². The van der Waals surface area contributed by atoms with Crippen molar-refractivity contribution in [2.45, 2.75) is 45.6 Å². The van der Waals surface area contributed by atoms with Gasteiger partial charge in [-0.05, 0) is 45.3 Å². The lowest BCUT2D eigenvalue weighted by atomic mass is 9.99. The second kappa shape index (κ2) is 6.39. The van der Waals surface area contributed by atoms with Crippen LogP contribution in [0.5, 0.6) is 0 Å². The first-order chi connectivity index (χ1) is 6.33. The number of nitrogens with one attached hydrogen (secondary N) is 2. The van der Waals surface area contributed by atoms with Gasteiger partial charge in [0.2, 0.25) is 0 Å². The number of hydrogen-bond donors (Lipinski definition) is 2. The number of rotatable bonds is 7. The quantitative estimate of drug-likeness (QED) is 0.630. The third kappa shape index (κ3) is 4.63. The molecule has 0 amide bonds. The predicted octanol–water partition coefficient (Wildman–Crippen LogP) is 1.76. The van der Waals surface area contributed by atoms with E-state index in [0.717, 1.165) is 5.92 Å². The first-order valence-electron chi connectivity index (χ1n) is 5.77. The van der Waals surface area contributed by atoms with Crippen molar-refractivity contribution in [3.8, 4) is 0 Å². The van der Waals surface area contributed by atoms with Gasteiger partial charge in [-0.3, -0.25) is 0 Å². The Morgan fingerprint density at radius 2 is 2.23 bits per heavy atom. The largest absolute Gasteiger partial charge is 0.316 e. The van der Waals surface area contributed by atoms with Crippen molar-refractivity contribution in [3.05, 3.63) is 0 Å². The molecule has 1 fully saturated rings. The maximum absolute atomic E-state index is 3.59. The summed E-state index contributed by atoms with van der Waals surface area (Å²) in [5.74, 6) is 0.950. The molecular formula is C11H24N2. The van der Waals surface area contributed by atoms with Crippen molar-refractivity contribution in [2.75, 3.05) is 19.6 Å². The molecule has 2 heteroatoms. The van der Waals surface area contributed by atoms with E-state index in [9.17, 15) is 0 Å². The fraction of sp³-hybridized carbons (Fsp3) is 1.00. The molecule has 0 spiro atoms. The Morgan fingerprint density at radius 1 is 1.46 bits per heavy atom. The zero-order valence-corrected chi connectivity index (χ0v) is 9.10. The molecular weight excluding hydrogens is 160 g/mol. The van der Waals surface area contributed by atoms with E-state index in [4.69, 9.17) is 0 Å². The predicted molar refractivity (Wildman–Crippen MR) is 58.0 cm³/mol. The summed E-state index contributed by atoms with van der Waals surface area (Å²) in [6, 6.07) is 0.716. The van der Waals surface area contributed by atoms with Crippen LogP contribution in [-0.4, -0.2) is 25.7 Å². The zero-order valence-electron chi connectivity index (χ0n) is 9.10. The van der Waals surface area contributed by atoms with E-state index < -0.39 is 0 Å². The highest BCUT2D eigenvalue weighted by molar-refractivity contribution is 4.75. The summed E-state index contributed by atoms with van der Waals surface area (Å²) in [5.41, 5.74) is 0. The van der Waals surface area contributed by atoms with Crippen LogP contribution in [0.2, 0.25) is 0 Å². The third-order valence-corrected chi connectivity index (χ3v) is 2.90. The Balaban J connectivity index is 1.85. The minimum Gasteiger partial charge on any atom is -0.316 e. The van der Waals surface area contributed by atoms with Crippen molar-refractivity contribution < 1.29 is 0 Å². The third-order valence-electron chi connectivity index (χ3n) is 2.90. The number of unbranched alkanes of at least 4 members (excludes halogenated alkanes) is 1. The molecule has 1 aliphatic heterocycles. The molecule has 0 bridgehead atoms. The number of hydrogen-bond acceptors (Lipinski definition) is 2. The average molecular weight is 184 g/mol. The molecule has 2 N–H and O–H groups in total. The normalized spacial score (nSPS) is 19.8. The Hall–Kier alpha value is -0.0800. The van der Waals surface area contributed by atoms with Gasteiger partial charge in [-0.2, -0.15) is 0 Å². The van der Waals surface area contributed by atoms with Gasteiger partial charge in [0.05, 0.1) is 0 Å². The average Bonchev–Trinajstić information content (AvgIpc) is 2.06. The molecule has 0 aromatic carbocycles. The Labute approximate surface area is 82.5 Å². The van der Waals surface area contributed by atoms with Crippen molar-refractivity contribution in [1.29, 1.82) is 0 Å². The van der Waals surface area contributed by atoms with Crippen molar-refractivity contribution in [2.24, 2.45) is 5.92 Å². The molecule has 2 nitrogen and oxygen atoms in total. The van der Waals surface area contributed by atoms with Gasteiger partial charge in [-0.15, -0.1) is 0 Å². The van der Waals surface area contributed by atoms with E-state index >= 15 is 0 Å². The fourth-order valence-corrected chi connectivity index (χ4v) is 1.70. The van der Waals surface area contributed by atoms with E-state index in [2.05, 4.69) is 24.5 Å². The van der Waals surface area contributed by atoms with E-state index in [1.165, 1.54) is 45.3 Å². The van der Waals surface area contributed by atoms with Crippen LogP contribution < -0.4 is 10.6 Å². The molecule has 1 saturated heterocycles. The lowest BCUT2D eigenvalue weighted by molar-refractivity contribution is 0.315. The van der Waals surface area contributed by atoms with Crippen LogP contribution in [0.1, 0.15) is 39.5 Å². The van der Waals surface area contributed by atoms with Crippen LogP contribution in [0.4, 0.5) is 0 Å². The molecule has 0 saturated carbocycles. The van der Waals surface area contributed by atoms with Crippen molar-refractivity contribution in [1.82, 2.24) is 10.6 Å². The van der Waals surface area contributed by atoms with Gasteiger partial charge in [0.15, 0.2) is 0 Å². The second-order valence-corrected chi connectivity index (χ2v) is 4.31. The SMILES string of the molecule is CCCCC(C)NCCC1CNC1. The molecule has 1 unspecified atom stereocenters. The van der Waals surface area contributed by atoms with E-state index in [0.29, 0.717) is 6.04 Å². The maximum atomic E-state index is 3.59. The van der Waals surface area contributed by atoms with Gasteiger partial charge >= 0.3 is 0 Å². The van der Waals surface area contributed by atoms with Crippen LogP contribution in [0, 0.1) is 5.92 Å². The maximum Gasteiger partial charge on any atom is 0.00387 e. The molecule has 0 aliphatic carbocycles.